The molecule has 1 amide bonds. The standard InChI is InChI=1S/C11H14N2O3S/c1-17-6-4-9(11(15)16)13-10(14)8-3-2-5-12-7-8/h2-3,5,7,9H,4,6H2,1H3,(H,13,14)(H,15,16)/p-1/t9-/m0/s1. The number of rotatable bonds is 6. The molecule has 0 saturated heterocycles. The molecule has 0 spiro atoms. The number of hydrogen-bond acceptors (Lipinski definition) is 5. The quantitative estimate of drug-likeness (QED) is 0.751. The van der Waals surface area contributed by atoms with E-state index >= 15 is 0 Å². The fourth-order valence-corrected chi connectivity index (χ4v) is 1.69. The lowest BCUT2D eigenvalue weighted by Gasteiger charge is -2.19. The third kappa shape index (κ3) is 4.44. The van der Waals surface area contributed by atoms with Crippen LogP contribution >= 0.6 is 11.8 Å². The maximum Gasteiger partial charge on any atom is 0.253 e. The van der Waals surface area contributed by atoms with Gasteiger partial charge in [0.2, 0.25) is 0 Å². The number of pyridine rings is 1. The van der Waals surface area contributed by atoms with E-state index in [0.717, 1.165) is 0 Å². The van der Waals surface area contributed by atoms with Gasteiger partial charge in [0, 0.05) is 12.4 Å². The van der Waals surface area contributed by atoms with E-state index in [-0.39, 0.29) is 0 Å². The number of hydrogen-bond donors (Lipinski definition) is 1. The number of carboxylic acid groups (broad SMARTS) is 1. The number of carbonyl (C=O) groups excluding carboxylic acids is 2. The Morgan fingerprint density at radius 2 is 2.35 bits per heavy atom. The Morgan fingerprint density at radius 1 is 1.59 bits per heavy atom. The highest BCUT2D eigenvalue weighted by Gasteiger charge is 2.14. The van der Waals surface area contributed by atoms with Crippen LogP contribution in [-0.4, -0.2) is 34.9 Å². The zero-order valence-electron chi connectivity index (χ0n) is 9.38. The van der Waals surface area contributed by atoms with E-state index < -0.39 is 17.9 Å². The Labute approximate surface area is 104 Å². The molecule has 6 heteroatoms. The summed E-state index contributed by atoms with van der Waals surface area (Å²) in [5, 5.41) is 13.2. The molecule has 1 aromatic heterocycles. The van der Waals surface area contributed by atoms with E-state index in [0.29, 0.717) is 17.7 Å². The number of aliphatic carboxylic acids is 1. The van der Waals surface area contributed by atoms with Gasteiger partial charge in [-0.05, 0) is 30.6 Å². The number of nitrogens with one attached hydrogen (secondary N) is 1. The SMILES string of the molecule is CSCC[C@H](NC(=O)c1cccnc1)C(=O)[O-]. The van der Waals surface area contributed by atoms with Crippen LogP contribution in [0.2, 0.25) is 0 Å². The van der Waals surface area contributed by atoms with Crippen molar-refractivity contribution in [2.45, 2.75) is 12.5 Å². The molecule has 0 radical (unpaired) electrons. The Kier molecular flexibility index (Phi) is 5.48. The van der Waals surface area contributed by atoms with E-state index in [1.165, 1.54) is 18.0 Å². The predicted octanol–water partition coefficient (Wildman–Crippen LogP) is -0.317. The molecule has 0 saturated carbocycles. The number of carbonyl (C=O) groups is 2. The van der Waals surface area contributed by atoms with Gasteiger partial charge in [0.25, 0.3) is 5.91 Å². The first-order valence-electron chi connectivity index (χ1n) is 5.06. The minimum atomic E-state index is -1.27. The first-order valence-corrected chi connectivity index (χ1v) is 6.45. The maximum atomic E-state index is 11.7. The molecule has 92 valence electrons. The number of thioether (sulfide) groups is 1. The Balaban J connectivity index is 2.61. The number of amides is 1. The van der Waals surface area contributed by atoms with Gasteiger partial charge in [0.15, 0.2) is 0 Å². The summed E-state index contributed by atoms with van der Waals surface area (Å²) in [6.07, 6.45) is 5.14. The van der Waals surface area contributed by atoms with E-state index in [1.807, 2.05) is 6.26 Å². The average molecular weight is 253 g/mol. The predicted molar refractivity (Wildman–Crippen MR) is 63.5 cm³/mol. The summed E-state index contributed by atoms with van der Waals surface area (Å²) in [6, 6.07) is 2.23. The molecule has 1 rings (SSSR count). The third-order valence-corrected chi connectivity index (χ3v) is 2.77. The van der Waals surface area contributed by atoms with Gasteiger partial charge in [-0.2, -0.15) is 11.8 Å². The first kappa shape index (κ1) is 13.5. The molecule has 17 heavy (non-hydrogen) atoms. The van der Waals surface area contributed by atoms with Gasteiger partial charge >= 0.3 is 0 Å². The summed E-state index contributed by atoms with van der Waals surface area (Å²) in [4.78, 5) is 26.3. The molecule has 0 aliphatic heterocycles. The summed E-state index contributed by atoms with van der Waals surface area (Å²) in [7, 11) is 0. The Morgan fingerprint density at radius 3 is 2.88 bits per heavy atom. The lowest BCUT2D eigenvalue weighted by atomic mass is 10.2. The van der Waals surface area contributed by atoms with Crippen molar-refractivity contribution in [2.24, 2.45) is 0 Å². The van der Waals surface area contributed by atoms with Crippen LogP contribution in [0.25, 0.3) is 0 Å². The highest BCUT2D eigenvalue weighted by Crippen LogP contribution is 2.02. The van der Waals surface area contributed by atoms with E-state index in [2.05, 4.69) is 10.3 Å². The van der Waals surface area contributed by atoms with Crippen molar-refractivity contribution in [1.29, 1.82) is 0 Å². The number of aromatic nitrogens is 1. The molecular weight excluding hydrogens is 240 g/mol. The second-order valence-electron chi connectivity index (χ2n) is 3.37. The molecule has 0 unspecified atom stereocenters. The molecule has 5 nitrogen and oxygen atoms in total. The van der Waals surface area contributed by atoms with Crippen molar-refractivity contribution in [1.82, 2.24) is 10.3 Å². The topological polar surface area (TPSA) is 82.1 Å². The van der Waals surface area contributed by atoms with Crippen LogP contribution in [0.4, 0.5) is 0 Å². The van der Waals surface area contributed by atoms with Crippen molar-refractivity contribution in [3.8, 4) is 0 Å². The summed E-state index contributed by atoms with van der Waals surface area (Å²) < 4.78 is 0. The zero-order chi connectivity index (χ0) is 12.7. The first-order chi connectivity index (χ1) is 8.15. The van der Waals surface area contributed by atoms with Crippen LogP contribution in [-0.2, 0) is 4.79 Å². The maximum absolute atomic E-state index is 11.7. The lowest BCUT2D eigenvalue weighted by molar-refractivity contribution is -0.308. The summed E-state index contributed by atoms with van der Waals surface area (Å²) >= 11 is 1.52. The monoisotopic (exact) mass is 253 g/mol. The van der Waals surface area contributed by atoms with Gasteiger partial charge in [-0.15, -0.1) is 0 Å². The van der Waals surface area contributed by atoms with Crippen LogP contribution in [0.3, 0.4) is 0 Å². The van der Waals surface area contributed by atoms with Crippen LogP contribution in [0, 0.1) is 0 Å². The van der Waals surface area contributed by atoms with E-state index in [4.69, 9.17) is 0 Å². The summed E-state index contributed by atoms with van der Waals surface area (Å²) in [6.45, 7) is 0. The molecule has 0 fully saturated rings. The van der Waals surface area contributed by atoms with Crippen LogP contribution in [0.15, 0.2) is 24.5 Å². The van der Waals surface area contributed by atoms with Crippen molar-refractivity contribution in [2.75, 3.05) is 12.0 Å². The second-order valence-corrected chi connectivity index (χ2v) is 4.35. The highest BCUT2D eigenvalue weighted by molar-refractivity contribution is 7.98. The Hall–Kier alpha value is -1.56. The van der Waals surface area contributed by atoms with Crippen LogP contribution in [0.1, 0.15) is 16.8 Å². The fraction of sp³-hybridized carbons (Fsp3) is 0.364. The van der Waals surface area contributed by atoms with E-state index in [9.17, 15) is 14.7 Å². The van der Waals surface area contributed by atoms with Crippen molar-refractivity contribution < 1.29 is 14.7 Å². The lowest BCUT2D eigenvalue weighted by Crippen LogP contribution is -2.48. The molecular formula is C11H13N2O3S-. The zero-order valence-corrected chi connectivity index (χ0v) is 10.2. The minimum Gasteiger partial charge on any atom is -0.548 e. The summed E-state index contributed by atoms with van der Waals surface area (Å²) in [5.74, 6) is -1.07. The molecule has 1 heterocycles. The second kappa shape index (κ2) is 6.90. The normalized spacial score (nSPS) is 11.8. The molecule has 0 bridgehead atoms. The largest absolute Gasteiger partial charge is 0.548 e. The van der Waals surface area contributed by atoms with Crippen molar-refractivity contribution >= 4 is 23.6 Å². The van der Waals surface area contributed by atoms with Gasteiger partial charge in [-0.25, -0.2) is 0 Å². The summed E-state index contributed by atoms with van der Waals surface area (Å²) in [5.41, 5.74) is 0.336. The highest BCUT2D eigenvalue weighted by atomic mass is 32.2. The van der Waals surface area contributed by atoms with Gasteiger partial charge in [0.05, 0.1) is 17.6 Å². The fourth-order valence-electron chi connectivity index (χ4n) is 1.22. The molecule has 1 N–H and O–H groups in total. The van der Waals surface area contributed by atoms with Gasteiger partial charge in [-0.1, -0.05) is 0 Å². The number of nitrogens with zero attached hydrogens (tertiary/aromatic N) is 1. The van der Waals surface area contributed by atoms with Gasteiger partial charge < -0.3 is 15.2 Å². The third-order valence-electron chi connectivity index (χ3n) is 2.12. The molecule has 1 aromatic rings. The minimum absolute atomic E-state index is 0.336. The molecule has 1 atom stereocenters. The van der Waals surface area contributed by atoms with Crippen LogP contribution in [0.5, 0.6) is 0 Å². The molecule has 0 aliphatic rings. The van der Waals surface area contributed by atoms with Crippen molar-refractivity contribution in [3.63, 3.8) is 0 Å². The average Bonchev–Trinajstić information content (AvgIpc) is 2.35. The van der Waals surface area contributed by atoms with E-state index in [1.54, 1.807) is 18.3 Å². The van der Waals surface area contributed by atoms with Crippen molar-refractivity contribution in [3.05, 3.63) is 30.1 Å². The molecule has 0 aromatic carbocycles. The Bertz CT molecular complexity index is 384. The van der Waals surface area contributed by atoms with Gasteiger partial charge in [0.1, 0.15) is 0 Å². The van der Waals surface area contributed by atoms with Crippen LogP contribution < -0.4 is 10.4 Å². The van der Waals surface area contributed by atoms with Gasteiger partial charge in [-0.3, -0.25) is 9.78 Å². The molecule has 0 aliphatic carbocycles. The number of carboxylic acids is 1. The smallest absolute Gasteiger partial charge is 0.253 e.